The maximum absolute atomic E-state index is 13.2. The molecule has 8 heteroatoms. The fourth-order valence-corrected chi connectivity index (χ4v) is 4.78. The second-order valence-electron chi connectivity index (χ2n) is 7.17. The van der Waals surface area contributed by atoms with Gasteiger partial charge < -0.3 is 10.0 Å². The number of carbonyl (C=O) groups excluding carboxylic acids is 1. The minimum atomic E-state index is -4.10. The van der Waals surface area contributed by atoms with Gasteiger partial charge in [0.2, 0.25) is 0 Å². The molecule has 0 aliphatic carbocycles. The van der Waals surface area contributed by atoms with E-state index in [4.69, 9.17) is 0 Å². The highest BCUT2D eigenvalue weighted by Crippen LogP contribution is 2.29. The van der Waals surface area contributed by atoms with Crippen LogP contribution >= 0.6 is 0 Å². The summed E-state index contributed by atoms with van der Waals surface area (Å²) in [6.07, 6.45) is 1.72. The third kappa shape index (κ3) is 4.15. The minimum Gasteiger partial charge on any atom is -0.478 e. The smallest absolute Gasteiger partial charge is 0.337 e. The van der Waals surface area contributed by atoms with Gasteiger partial charge in [0.15, 0.2) is 0 Å². The van der Waals surface area contributed by atoms with Crippen LogP contribution in [0, 0.1) is 0 Å². The number of carboxylic acid groups (broad SMARTS) is 1. The van der Waals surface area contributed by atoms with E-state index in [2.05, 4.69) is 4.72 Å². The number of carboxylic acids is 1. The lowest BCUT2D eigenvalue weighted by Crippen LogP contribution is -2.35. The van der Waals surface area contributed by atoms with E-state index in [-0.39, 0.29) is 27.6 Å². The van der Waals surface area contributed by atoms with E-state index in [1.165, 1.54) is 42.5 Å². The van der Waals surface area contributed by atoms with E-state index in [0.29, 0.717) is 6.54 Å². The number of carbonyl (C=O) groups is 2. The Morgan fingerprint density at radius 2 is 1.68 bits per heavy atom. The number of para-hydroxylation sites is 2. The molecule has 0 spiro atoms. The van der Waals surface area contributed by atoms with Crippen LogP contribution in [0.5, 0.6) is 0 Å². The standard InChI is InChI=1S/C23H20N2O5S/c26-22(25-14-6-9-16-7-1-4-13-21(16)25)17-8-5-10-18(15-17)31(29,30)24-20-12-3-2-11-19(20)23(27)28/h1-5,7-8,10-13,15,24H,6,9,14H2,(H,27,28). The van der Waals surface area contributed by atoms with Crippen molar-refractivity contribution in [2.75, 3.05) is 16.2 Å². The van der Waals surface area contributed by atoms with Crippen molar-refractivity contribution in [1.29, 1.82) is 0 Å². The number of aryl methyl sites for hydroxylation is 1. The maximum atomic E-state index is 13.2. The molecule has 1 aliphatic rings. The van der Waals surface area contributed by atoms with Crippen LogP contribution in [0.3, 0.4) is 0 Å². The highest BCUT2D eigenvalue weighted by Gasteiger charge is 2.25. The zero-order chi connectivity index (χ0) is 22.0. The van der Waals surface area contributed by atoms with Gasteiger partial charge in [0.25, 0.3) is 15.9 Å². The lowest BCUT2D eigenvalue weighted by Gasteiger charge is -2.29. The second kappa shape index (κ2) is 8.23. The first-order chi connectivity index (χ1) is 14.9. The number of rotatable bonds is 5. The van der Waals surface area contributed by atoms with E-state index in [1.54, 1.807) is 11.0 Å². The average Bonchev–Trinajstić information content (AvgIpc) is 2.78. The largest absolute Gasteiger partial charge is 0.478 e. The molecule has 0 saturated heterocycles. The highest BCUT2D eigenvalue weighted by atomic mass is 32.2. The molecule has 3 aromatic rings. The third-order valence-electron chi connectivity index (χ3n) is 5.15. The number of benzene rings is 3. The number of anilines is 2. The first kappa shape index (κ1) is 20.6. The molecule has 0 radical (unpaired) electrons. The highest BCUT2D eigenvalue weighted by molar-refractivity contribution is 7.92. The summed E-state index contributed by atoms with van der Waals surface area (Å²) in [6, 6.07) is 19.2. The molecule has 1 heterocycles. The summed E-state index contributed by atoms with van der Waals surface area (Å²) < 4.78 is 28.1. The molecule has 2 N–H and O–H groups in total. The van der Waals surface area contributed by atoms with Gasteiger partial charge in [-0.2, -0.15) is 0 Å². The molecule has 3 aromatic carbocycles. The fraction of sp³-hybridized carbons (Fsp3) is 0.130. The molecule has 1 aliphatic heterocycles. The van der Waals surface area contributed by atoms with Crippen LogP contribution in [-0.4, -0.2) is 31.9 Å². The fourth-order valence-electron chi connectivity index (χ4n) is 3.66. The van der Waals surface area contributed by atoms with Crippen LogP contribution in [0.15, 0.2) is 77.7 Å². The zero-order valence-corrected chi connectivity index (χ0v) is 17.3. The molecular weight excluding hydrogens is 416 g/mol. The lowest BCUT2D eigenvalue weighted by atomic mass is 10.0. The number of fused-ring (bicyclic) bond motifs is 1. The van der Waals surface area contributed by atoms with Gasteiger partial charge in [-0.25, -0.2) is 13.2 Å². The summed E-state index contributed by atoms with van der Waals surface area (Å²) in [5.41, 5.74) is 1.95. The van der Waals surface area contributed by atoms with Gasteiger partial charge in [-0.1, -0.05) is 36.4 Å². The number of amides is 1. The van der Waals surface area contributed by atoms with Gasteiger partial charge in [0, 0.05) is 17.8 Å². The molecule has 0 bridgehead atoms. The molecule has 0 fully saturated rings. The number of aromatic carboxylic acids is 1. The van der Waals surface area contributed by atoms with Crippen molar-refractivity contribution < 1.29 is 23.1 Å². The quantitative estimate of drug-likeness (QED) is 0.634. The van der Waals surface area contributed by atoms with Gasteiger partial charge in [-0.05, 0) is 54.8 Å². The summed E-state index contributed by atoms with van der Waals surface area (Å²) in [5, 5.41) is 9.29. The summed E-state index contributed by atoms with van der Waals surface area (Å²) in [6.45, 7) is 0.553. The summed E-state index contributed by atoms with van der Waals surface area (Å²) >= 11 is 0. The van der Waals surface area contributed by atoms with Gasteiger partial charge >= 0.3 is 5.97 Å². The Morgan fingerprint density at radius 1 is 0.935 bits per heavy atom. The average molecular weight is 436 g/mol. The Kier molecular flexibility index (Phi) is 5.48. The first-order valence-corrected chi connectivity index (χ1v) is 11.2. The molecule has 31 heavy (non-hydrogen) atoms. The Morgan fingerprint density at radius 3 is 2.48 bits per heavy atom. The van der Waals surface area contributed by atoms with E-state index >= 15 is 0 Å². The predicted octanol–water partition coefficient (Wildman–Crippen LogP) is 3.78. The Hall–Kier alpha value is -3.65. The van der Waals surface area contributed by atoms with Crippen molar-refractivity contribution in [3.05, 3.63) is 89.5 Å². The molecule has 4 rings (SSSR count). The van der Waals surface area contributed by atoms with Crippen molar-refractivity contribution in [2.45, 2.75) is 17.7 Å². The van der Waals surface area contributed by atoms with Crippen LogP contribution in [-0.2, 0) is 16.4 Å². The van der Waals surface area contributed by atoms with Crippen molar-refractivity contribution in [3.63, 3.8) is 0 Å². The van der Waals surface area contributed by atoms with Gasteiger partial charge in [0.05, 0.1) is 16.1 Å². The topological polar surface area (TPSA) is 104 Å². The zero-order valence-electron chi connectivity index (χ0n) is 16.5. The Balaban J connectivity index is 1.65. The van der Waals surface area contributed by atoms with Crippen molar-refractivity contribution in [2.24, 2.45) is 0 Å². The van der Waals surface area contributed by atoms with Crippen LogP contribution in [0.4, 0.5) is 11.4 Å². The molecule has 1 amide bonds. The van der Waals surface area contributed by atoms with Crippen LogP contribution in [0.2, 0.25) is 0 Å². The first-order valence-electron chi connectivity index (χ1n) is 9.72. The van der Waals surface area contributed by atoms with Gasteiger partial charge in [-0.15, -0.1) is 0 Å². The monoisotopic (exact) mass is 436 g/mol. The number of sulfonamides is 1. The maximum Gasteiger partial charge on any atom is 0.337 e. The summed E-state index contributed by atoms with van der Waals surface area (Å²) in [4.78, 5) is 26.1. The van der Waals surface area contributed by atoms with E-state index in [9.17, 15) is 23.1 Å². The van der Waals surface area contributed by atoms with Gasteiger partial charge in [-0.3, -0.25) is 9.52 Å². The lowest BCUT2D eigenvalue weighted by molar-refractivity contribution is 0.0697. The third-order valence-corrected chi connectivity index (χ3v) is 6.51. The summed E-state index contributed by atoms with van der Waals surface area (Å²) in [5.74, 6) is -1.53. The molecule has 0 unspecified atom stereocenters. The SMILES string of the molecule is O=C(O)c1ccccc1NS(=O)(=O)c1cccc(C(=O)N2CCCc3ccccc32)c1. The van der Waals surface area contributed by atoms with Crippen LogP contribution in [0.25, 0.3) is 0 Å². The normalized spacial score (nSPS) is 13.4. The van der Waals surface area contributed by atoms with Crippen molar-refractivity contribution in [3.8, 4) is 0 Å². The molecule has 0 atom stereocenters. The second-order valence-corrected chi connectivity index (χ2v) is 8.86. The van der Waals surface area contributed by atoms with Crippen LogP contribution < -0.4 is 9.62 Å². The number of hydrogen-bond donors (Lipinski definition) is 2. The number of hydrogen-bond acceptors (Lipinski definition) is 4. The van der Waals surface area contributed by atoms with Crippen molar-refractivity contribution in [1.82, 2.24) is 0 Å². The minimum absolute atomic E-state index is 0.0447. The van der Waals surface area contributed by atoms with E-state index in [0.717, 1.165) is 24.1 Å². The predicted molar refractivity (Wildman–Crippen MR) is 117 cm³/mol. The molecule has 0 aromatic heterocycles. The number of nitrogens with zero attached hydrogens (tertiary/aromatic N) is 1. The molecule has 7 nitrogen and oxygen atoms in total. The van der Waals surface area contributed by atoms with E-state index < -0.39 is 16.0 Å². The number of nitrogens with one attached hydrogen (secondary N) is 1. The Bertz CT molecular complexity index is 1270. The molecule has 0 saturated carbocycles. The van der Waals surface area contributed by atoms with E-state index in [1.807, 2.05) is 24.3 Å². The van der Waals surface area contributed by atoms with Gasteiger partial charge in [0.1, 0.15) is 0 Å². The molecule has 158 valence electrons. The summed E-state index contributed by atoms with van der Waals surface area (Å²) in [7, 11) is -4.10. The Labute approximate surface area is 180 Å². The van der Waals surface area contributed by atoms with Crippen LogP contribution in [0.1, 0.15) is 32.7 Å². The van der Waals surface area contributed by atoms with Crippen molar-refractivity contribution >= 4 is 33.3 Å². The molecular formula is C23H20N2O5S.